The number of amides is 1. The van der Waals surface area contributed by atoms with Crippen molar-refractivity contribution < 1.29 is 9.18 Å². The van der Waals surface area contributed by atoms with E-state index in [0.717, 1.165) is 74.3 Å². The molecule has 3 rings (SSSR count). The molecule has 1 saturated heterocycles. The van der Waals surface area contributed by atoms with Gasteiger partial charge in [-0.2, -0.15) is 0 Å². The van der Waals surface area contributed by atoms with Crippen LogP contribution in [0.25, 0.3) is 10.9 Å². The number of rotatable bonds is 8. The molecule has 3 N–H and O–H groups in total. The van der Waals surface area contributed by atoms with Crippen LogP contribution in [-0.2, 0) is 11.2 Å². The van der Waals surface area contributed by atoms with Gasteiger partial charge < -0.3 is 20.5 Å². The highest BCUT2D eigenvalue weighted by Gasteiger charge is 2.30. The number of hydrogen-bond acceptors (Lipinski definition) is 3. The third-order valence-corrected chi connectivity index (χ3v) is 5.64. The van der Waals surface area contributed by atoms with Gasteiger partial charge in [-0.25, -0.2) is 4.39 Å². The first-order chi connectivity index (χ1) is 14.5. The van der Waals surface area contributed by atoms with Gasteiger partial charge in [-0.05, 0) is 56.0 Å². The van der Waals surface area contributed by atoms with E-state index in [2.05, 4.69) is 25.5 Å². The summed E-state index contributed by atoms with van der Waals surface area (Å²) in [6.07, 6.45) is 5.74. The van der Waals surface area contributed by atoms with Crippen LogP contribution >= 0.6 is 0 Å². The lowest BCUT2D eigenvalue weighted by atomic mass is 10.1. The summed E-state index contributed by atoms with van der Waals surface area (Å²) in [6, 6.07) is 4.85. The number of likely N-dealkylation sites (N-methyl/N-ethyl adjacent to an activating group) is 1. The lowest BCUT2D eigenvalue weighted by molar-refractivity contribution is -0.133. The molecule has 1 aliphatic heterocycles. The third-order valence-electron chi connectivity index (χ3n) is 5.64. The van der Waals surface area contributed by atoms with Crippen molar-refractivity contribution in [1.82, 2.24) is 25.4 Å². The maximum Gasteiger partial charge on any atom is 0.239 e. The summed E-state index contributed by atoms with van der Waals surface area (Å²) in [7, 11) is 5.41. The number of likely N-dealkylation sites (tertiary alicyclic amines) is 1. The molecule has 0 spiro atoms. The molecule has 0 radical (unpaired) electrons. The number of nitrogens with zero attached hydrogens (tertiary/aromatic N) is 3. The topological polar surface area (TPSA) is 75.8 Å². The number of fused-ring (bicyclic) bond motifs is 1. The van der Waals surface area contributed by atoms with Crippen molar-refractivity contribution >= 4 is 22.8 Å². The smallest absolute Gasteiger partial charge is 0.239 e. The number of aliphatic imine (C=N–C) groups is 1. The summed E-state index contributed by atoms with van der Waals surface area (Å²) in [4.78, 5) is 23.7. The normalized spacial score (nSPS) is 17.5. The van der Waals surface area contributed by atoms with Gasteiger partial charge in [0.25, 0.3) is 0 Å². The van der Waals surface area contributed by atoms with Crippen LogP contribution in [0.4, 0.5) is 4.39 Å². The molecule has 1 fully saturated rings. The van der Waals surface area contributed by atoms with Crippen LogP contribution in [0.1, 0.15) is 24.8 Å². The molecule has 1 atom stereocenters. The first-order valence-corrected chi connectivity index (χ1v) is 10.6. The van der Waals surface area contributed by atoms with Gasteiger partial charge in [-0.15, -0.1) is 0 Å². The molecule has 1 amide bonds. The fourth-order valence-corrected chi connectivity index (χ4v) is 4.06. The molecule has 30 heavy (non-hydrogen) atoms. The van der Waals surface area contributed by atoms with Crippen molar-refractivity contribution in [3.05, 3.63) is 35.8 Å². The minimum atomic E-state index is -0.232. The van der Waals surface area contributed by atoms with Crippen molar-refractivity contribution in [2.75, 3.05) is 47.3 Å². The molecule has 2 heterocycles. The zero-order chi connectivity index (χ0) is 21.5. The SMILES string of the molecule is CN=C(NCCCN1CCCC1C(=O)N(C)C)NCCc1c[nH]c2cc(F)ccc12. The second-order valence-corrected chi connectivity index (χ2v) is 7.96. The van der Waals surface area contributed by atoms with Gasteiger partial charge in [-0.1, -0.05) is 0 Å². The predicted molar refractivity (Wildman–Crippen MR) is 119 cm³/mol. The van der Waals surface area contributed by atoms with E-state index in [0.29, 0.717) is 0 Å². The number of carbonyl (C=O) groups is 1. The summed E-state index contributed by atoms with van der Waals surface area (Å²) in [6.45, 7) is 3.42. The van der Waals surface area contributed by atoms with Gasteiger partial charge in [0, 0.05) is 57.9 Å². The van der Waals surface area contributed by atoms with Crippen molar-refractivity contribution in [3.8, 4) is 0 Å². The molecular formula is C22H33FN6O. The summed E-state index contributed by atoms with van der Waals surface area (Å²) < 4.78 is 13.3. The van der Waals surface area contributed by atoms with Crippen molar-refractivity contribution in [3.63, 3.8) is 0 Å². The summed E-state index contributed by atoms with van der Waals surface area (Å²) in [5, 5.41) is 7.72. The Kier molecular flexibility index (Phi) is 7.68. The number of aromatic nitrogens is 1. The minimum absolute atomic E-state index is 0.0297. The number of nitrogens with one attached hydrogen (secondary N) is 3. The zero-order valence-corrected chi connectivity index (χ0v) is 18.2. The number of carbonyl (C=O) groups excluding carboxylic acids is 1. The Balaban J connectivity index is 1.38. The van der Waals surface area contributed by atoms with Crippen LogP contribution in [0.2, 0.25) is 0 Å². The van der Waals surface area contributed by atoms with Gasteiger partial charge in [0.15, 0.2) is 5.96 Å². The first kappa shape index (κ1) is 22.1. The Morgan fingerprint density at radius 1 is 1.33 bits per heavy atom. The second-order valence-electron chi connectivity index (χ2n) is 7.96. The molecule has 0 saturated carbocycles. The van der Waals surface area contributed by atoms with Crippen LogP contribution in [0.15, 0.2) is 29.4 Å². The summed E-state index contributed by atoms with van der Waals surface area (Å²) in [5.74, 6) is 0.742. The quantitative estimate of drug-likeness (QED) is 0.349. The zero-order valence-electron chi connectivity index (χ0n) is 18.2. The molecule has 0 aliphatic carbocycles. The van der Waals surface area contributed by atoms with Crippen LogP contribution < -0.4 is 10.6 Å². The minimum Gasteiger partial charge on any atom is -0.361 e. The van der Waals surface area contributed by atoms with E-state index in [1.165, 1.54) is 12.1 Å². The lowest BCUT2D eigenvalue weighted by Gasteiger charge is -2.26. The Hall–Kier alpha value is -2.61. The average molecular weight is 417 g/mol. The number of H-pyrrole nitrogens is 1. The maximum atomic E-state index is 13.3. The van der Waals surface area contributed by atoms with Crippen molar-refractivity contribution in [1.29, 1.82) is 0 Å². The van der Waals surface area contributed by atoms with Gasteiger partial charge in [-0.3, -0.25) is 14.7 Å². The van der Waals surface area contributed by atoms with Gasteiger partial charge in [0.1, 0.15) is 5.82 Å². The van der Waals surface area contributed by atoms with Crippen molar-refractivity contribution in [2.45, 2.75) is 31.7 Å². The standard InChI is InChI=1S/C22H33FN6O/c1-24-22(25-10-5-13-29-12-4-6-20(29)21(30)28(2)3)26-11-9-16-15-27-19-14-17(23)7-8-18(16)19/h7-8,14-15,20,27H,4-6,9-13H2,1-3H3,(H2,24,25,26). The van der Waals surface area contributed by atoms with E-state index in [1.807, 2.05) is 26.4 Å². The van der Waals surface area contributed by atoms with Crippen LogP contribution in [-0.4, -0.2) is 80.0 Å². The summed E-state index contributed by atoms with van der Waals surface area (Å²) >= 11 is 0. The number of hydrogen-bond donors (Lipinski definition) is 3. The monoisotopic (exact) mass is 416 g/mol. The third kappa shape index (κ3) is 5.50. The predicted octanol–water partition coefficient (Wildman–Crippen LogP) is 1.96. The van der Waals surface area contributed by atoms with Crippen LogP contribution in [0.5, 0.6) is 0 Å². The molecule has 1 aromatic heterocycles. The fourth-order valence-electron chi connectivity index (χ4n) is 4.06. The maximum absolute atomic E-state index is 13.3. The van der Waals surface area contributed by atoms with Gasteiger partial charge >= 0.3 is 0 Å². The fraction of sp³-hybridized carbons (Fsp3) is 0.545. The lowest BCUT2D eigenvalue weighted by Crippen LogP contribution is -2.44. The first-order valence-electron chi connectivity index (χ1n) is 10.6. The molecule has 1 aliphatic rings. The highest BCUT2D eigenvalue weighted by atomic mass is 19.1. The van der Waals surface area contributed by atoms with E-state index in [9.17, 15) is 9.18 Å². The Bertz CT molecular complexity index is 878. The Morgan fingerprint density at radius 3 is 2.90 bits per heavy atom. The van der Waals surface area contributed by atoms with E-state index < -0.39 is 0 Å². The molecule has 164 valence electrons. The molecular weight excluding hydrogens is 383 g/mol. The van der Waals surface area contributed by atoms with E-state index in [-0.39, 0.29) is 17.8 Å². The average Bonchev–Trinajstić information content (AvgIpc) is 3.35. The Labute approximate surface area is 177 Å². The number of guanidine groups is 1. The van der Waals surface area contributed by atoms with Crippen LogP contribution in [0.3, 0.4) is 0 Å². The van der Waals surface area contributed by atoms with Gasteiger partial charge in [0.05, 0.1) is 6.04 Å². The Morgan fingerprint density at radius 2 is 2.13 bits per heavy atom. The van der Waals surface area contributed by atoms with Crippen molar-refractivity contribution in [2.24, 2.45) is 4.99 Å². The number of aromatic amines is 1. The molecule has 8 heteroatoms. The van der Waals surface area contributed by atoms with E-state index in [1.54, 1.807) is 11.9 Å². The molecule has 0 bridgehead atoms. The molecule has 1 aromatic carbocycles. The van der Waals surface area contributed by atoms with Crippen LogP contribution in [0, 0.1) is 5.82 Å². The molecule has 1 unspecified atom stereocenters. The highest BCUT2D eigenvalue weighted by Crippen LogP contribution is 2.20. The van der Waals surface area contributed by atoms with Gasteiger partial charge in [0.2, 0.25) is 5.91 Å². The highest BCUT2D eigenvalue weighted by molar-refractivity contribution is 5.83. The molecule has 7 nitrogen and oxygen atoms in total. The molecule has 2 aromatic rings. The summed E-state index contributed by atoms with van der Waals surface area (Å²) in [5.41, 5.74) is 1.97. The van der Waals surface area contributed by atoms with E-state index in [4.69, 9.17) is 0 Å². The number of halogens is 1. The van der Waals surface area contributed by atoms with E-state index >= 15 is 0 Å². The largest absolute Gasteiger partial charge is 0.361 e. The second kappa shape index (κ2) is 10.4. The number of benzene rings is 1.